The highest BCUT2D eigenvalue weighted by Gasteiger charge is 2.31. The second-order valence-electron chi connectivity index (χ2n) is 9.09. The number of nitrogens with one attached hydrogen (secondary N) is 1. The van der Waals surface area contributed by atoms with Gasteiger partial charge in [-0.05, 0) is 69.2 Å². The summed E-state index contributed by atoms with van der Waals surface area (Å²) in [5, 5.41) is 15.2. The lowest BCUT2D eigenvalue weighted by Crippen LogP contribution is -2.54. The molecule has 10 nitrogen and oxygen atoms in total. The minimum Gasteiger partial charge on any atom is -0.497 e. The number of rotatable bonds is 9. The number of aryl methyl sites for hydroxylation is 1. The van der Waals surface area contributed by atoms with Gasteiger partial charge in [0.1, 0.15) is 24.1 Å². The van der Waals surface area contributed by atoms with Crippen LogP contribution in [0.4, 0.5) is 0 Å². The number of ether oxygens (including phenoxy) is 1. The molecule has 1 atom stereocenters. The Bertz CT molecular complexity index is 1110. The van der Waals surface area contributed by atoms with Crippen LogP contribution >= 0.6 is 0 Å². The van der Waals surface area contributed by atoms with Crippen LogP contribution in [-0.2, 0) is 22.7 Å². The zero-order valence-corrected chi connectivity index (χ0v) is 20.5. The predicted molar refractivity (Wildman–Crippen MR) is 126 cm³/mol. The van der Waals surface area contributed by atoms with E-state index in [1.807, 2.05) is 58.9 Å². The molecule has 1 aromatic carbocycles. The number of tetrazole rings is 1. The number of aromatic nitrogens is 4. The molecular weight excluding hydrogens is 436 g/mol. The van der Waals surface area contributed by atoms with Crippen molar-refractivity contribution in [1.82, 2.24) is 30.4 Å². The Kier molecular flexibility index (Phi) is 7.70. The minimum absolute atomic E-state index is 0.165. The van der Waals surface area contributed by atoms with Gasteiger partial charge in [-0.25, -0.2) is 0 Å². The maximum Gasteiger partial charge on any atom is 0.247 e. The second-order valence-corrected chi connectivity index (χ2v) is 9.09. The summed E-state index contributed by atoms with van der Waals surface area (Å²) in [7, 11) is 1.60. The Labute approximate surface area is 199 Å². The maximum absolute atomic E-state index is 13.4. The van der Waals surface area contributed by atoms with Crippen LogP contribution in [0.1, 0.15) is 45.4 Å². The minimum atomic E-state index is -0.662. The van der Waals surface area contributed by atoms with Crippen LogP contribution in [0.2, 0.25) is 0 Å². The van der Waals surface area contributed by atoms with Gasteiger partial charge in [0.25, 0.3) is 0 Å². The normalized spacial score (nSPS) is 12.3. The summed E-state index contributed by atoms with van der Waals surface area (Å²) >= 11 is 0. The van der Waals surface area contributed by atoms with Gasteiger partial charge < -0.3 is 19.4 Å². The number of furan rings is 1. The molecule has 34 heavy (non-hydrogen) atoms. The molecule has 0 aliphatic rings. The summed E-state index contributed by atoms with van der Waals surface area (Å²) in [5.41, 5.74) is 0.442. The number of amides is 2. The third-order valence-electron chi connectivity index (χ3n) is 5.09. The van der Waals surface area contributed by atoms with Crippen LogP contribution in [0, 0.1) is 6.92 Å². The van der Waals surface area contributed by atoms with E-state index in [9.17, 15) is 9.59 Å². The zero-order valence-electron chi connectivity index (χ0n) is 20.5. The maximum atomic E-state index is 13.4. The Balaban J connectivity index is 1.84. The number of nitrogens with zero attached hydrogens (tertiary/aromatic N) is 5. The molecule has 0 saturated carbocycles. The summed E-state index contributed by atoms with van der Waals surface area (Å²) in [6.07, 6.45) is 0.450. The van der Waals surface area contributed by atoms with Gasteiger partial charge in [0.2, 0.25) is 17.6 Å². The Morgan fingerprint density at radius 1 is 1.18 bits per heavy atom. The molecule has 182 valence electrons. The highest BCUT2D eigenvalue weighted by molar-refractivity contribution is 5.88. The lowest BCUT2D eigenvalue weighted by Gasteiger charge is -2.33. The van der Waals surface area contributed by atoms with Crippen molar-refractivity contribution in [1.29, 1.82) is 0 Å². The first kappa shape index (κ1) is 24.9. The smallest absolute Gasteiger partial charge is 0.247 e. The Hall–Kier alpha value is -3.69. The molecule has 0 saturated heterocycles. The molecule has 0 aliphatic carbocycles. The molecule has 2 heterocycles. The van der Waals surface area contributed by atoms with Crippen molar-refractivity contribution in [3.05, 3.63) is 47.7 Å². The lowest BCUT2D eigenvalue weighted by molar-refractivity contribution is -0.142. The quantitative estimate of drug-likeness (QED) is 0.513. The molecule has 3 aromatic rings. The number of carbonyl (C=O) groups excluding carboxylic acids is 2. The fraction of sp³-hybridized carbons (Fsp3) is 0.458. The number of hydrogen-bond acceptors (Lipinski definition) is 7. The molecule has 3 rings (SSSR count). The first-order valence-electron chi connectivity index (χ1n) is 11.2. The topological polar surface area (TPSA) is 115 Å². The third kappa shape index (κ3) is 6.43. The van der Waals surface area contributed by atoms with Crippen LogP contribution in [0.25, 0.3) is 11.6 Å². The molecule has 2 aromatic heterocycles. The largest absolute Gasteiger partial charge is 0.497 e. The first-order valence-corrected chi connectivity index (χ1v) is 11.2. The van der Waals surface area contributed by atoms with E-state index in [1.165, 1.54) is 4.80 Å². The summed E-state index contributed by atoms with van der Waals surface area (Å²) in [5.74, 6) is 1.69. The van der Waals surface area contributed by atoms with Crippen LogP contribution < -0.4 is 10.1 Å². The van der Waals surface area contributed by atoms with Gasteiger partial charge in [-0.15, -0.1) is 10.2 Å². The van der Waals surface area contributed by atoms with Gasteiger partial charge >= 0.3 is 0 Å². The van der Waals surface area contributed by atoms with Crippen molar-refractivity contribution >= 4 is 11.8 Å². The van der Waals surface area contributed by atoms with Crippen LogP contribution in [0.15, 0.2) is 40.8 Å². The van der Waals surface area contributed by atoms with Gasteiger partial charge in [0.15, 0.2) is 5.76 Å². The third-order valence-corrected chi connectivity index (χ3v) is 5.09. The van der Waals surface area contributed by atoms with Crippen molar-refractivity contribution in [2.24, 2.45) is 0 Å². The van der Waals surface area contributed by atoms with E-state index in [0.29, 0.717) is 23.8 Å². The van der Waals surface area contributed by atoms with Crippen LogP contribution in [0.5, 0.6) is 5.75 Å². The van der Waals surface area contributed by atoms with E-state index in [0.717, 1.165) is 11.3 Å². The summed E-state index contributed by atoms with van der Waals surface area (Å²) in [6, 6.07) is 10.3. The van der Waals surface area contributed by atoms with Crippen molar-refractivity contribution < 1.29 is 18.7 Å². The molecule has 0 aliphatic heterocycles. The second kappa shape index (κ2) is 10.5. The number of hydrogen-bond donors (Lipinski definition) is 1. The van der Waals surface area contributed by atoms with E-state index in [-0.39, 0.29) is 24.9 Å². The average molecular weight is 469 g/mol. The lowest BCUT2D eigenvalue weighted by atomic mass is 10.1. The van der Waals surface area contributed by atoms with E-state index in [1.54, 1.807) is 24.1 Å². The number of carbonyl (C=O) groups is 2. The zero-order chi connectivity index (χ0) is 24.9. The van der Waals surface area contributed by atoms with Gasteiger partial charge in [-0.1, -0.05) is 19.1 Å². The fourth-order valence-corrected chi connectivity index (χ4v) is 3.48. The van der Waals surface area contributed by atoms with Gasteiger partial charge in [0, 0.05) is 12.1 Å². The summed E-state index contributed by atoms with van der Waals surface area (Å²) in [4.78, 5) is 29.3. The molecule has 10 heteroatoms. The molecular formula is C24H32N6O4. The number of benzene rings is 1. The van der Waals surface area contributed by atoms with Crippen LogP contribution in [-0.4, -0.2) is 55.6 Å². The summed E-state index contributed by atoms with van der Waals surface area (Å²) < 4.78 is 10.8. The van der Waals surface area contributed by atoms with E-state index >= 15 is 0 Å². The molecule has 1 unspecified atom stereocenters. The van der Waals surface area contributed by atoms with Crippen molar-refractivity contribution in [2.75, 3.05) is 7.11 Å². The van der Waals surface area contributed by atoms with Crippen molar-refractivity contribution in [3.63, 3.8) is 0 Å². The highest BCUT2D eigenvalue weighted by Crippen LogP contribution is 2.19. The molecule has 0 fully saturated rings. The molecule has 0 radical (unpaired) electrons. The van der Waals surface area contributed by atoms with Crippen molar-refractivity contribution in [3.8, 4) is 17.3 Å². The molecule has 1 N–H and O–H groups in total. The van der Waals surface area contributed by atoms with Gasteiger partial charge in [0.05, 0.1) is 7.11 Å². The predicted octanol–water partition coefficient (Wildman–Crippen LogP) is 2.97. The molecule has 0 spiro atoms. The number of methoxy groups -OCH3 is 1. The SMILES string of the molecule is CCC(C(=O)NC(C)(C)C)N(Cc1ccc(OC)cc1)C(=O)Cn1nnc(-c2ccc(C)o2)n1. The molecule has 2 amide bonds. The standard InChI is InChI=1S/C24H32N6O4/c1-7-19(23(32)25-24(3,4)5)29(14-17-9-11-18(33-6)12-10-17)21(31)15-30-27-22(26-28-30)20-13-8-16(2)34-20/h8-13,19H,7,14-15H2,1-6H3,(H,25,32). The van der Waals surface area contributed by atoms with E-state index in [4.69, 9.17) is 9.15 Å². The van der Waals surface area contributed by atoms with Crippen LogP contribution in [0.3, 0.4) is 0 Å². The van der Waals surface area contributed by atoms with Crippen molar-refractivity contribution in [2.45, 2.75) is 65.7 Å². The van der Waals surface area contributed by atoms with E-state index < -0.39 is 11.6 Å². The monoisotopic (exact) mass is 468 g/mol. The van der Waals surface area contributed by atoms with E-state index in [2.05, 4.69) is 20.7 Å². The molecule has 0 bridgehead atoms. The average Bonchev–Trinajstić information content (AvgIpc) is 3.41. The van der Waals surface area contributed by atoms with Gasteiger partial charge in [-0.3, -0.25) is 9.59 Å². The summed E-state index contributed by atoms with van der Waals surface area (Å²) in [6.45, 7) is 9.51. The van der Waals surface area contributed by atoms with Gasteiger partial charge in [-0.2, -0.15) is 4.80 Å². The Morgan fingerprint density at radius 2 is 1.88 bits per heavy atom. The Morgan fingerprint density at radius 3 is 2.44 bits per heavy atom. The fourth-order valence-electron chi connectivity index (χ4n) is 3.48. The first-order chi connectivity index (χ1) is 16.1. The highest BCUT2D eigenvalue weighted by atomic mass is 16.5.